The van der Waals surface area contributed by atoms with Crippen LogP contribution in [0.3, 0.4) is 0 Å². The lowest BCUT2D eigenvalue weighted by Crippen LogP contribution is -2.38. The summed E-state index contributed by atoms with van der Waals surface area (Å²) in [4.78, 5) is 4.62. The molecule has 0 radical (unpaired) electrons. The quantitative estimate of drug-likeness (QED) is 0.228. The molecular formula is C20H31IN4O. The third-order valence-electron chi connectivity index (χ3n) is 3.75. The SMILES string of the molecule is CCNC(=NCCCCOCc1ccccc1)NCCn1cccc1.I. The first-order valence-corrected chi connectivity index (χ1v) is 9.13. The number of benzene rings is 1. The number of aliphatic imine (C=N–C) groups is 1. The molecule has 0 saturated heterocycles. The van der Waals surface area contributed by atoms with Crippen molar-refractivity contribution in [3.63, 3.8) is 0 Å². The lowest BCUT2D eigenvalue weighted by atomic mass is 10.2. The van der Waals surface area contributed by atoms with Gasteiger partial charge in [-0.15, -0.1) is 24.0 Å². The molecule has 5 nitrogen and oxygen atoms in total. The number of halogens is 1. The second kappa shape index (κ2) is 14.6. The molecule has 0 spiro atoms. The number of hydrogen-bond donors (Lipinski definition) is 2. The second-order valence-corrected chi connectivity index (χ2v) is 5.85. The summed E-state index contributed by atoms with van der Waals surface area (Å²) in [5.41, 5.74) is 1.22. The summed E-state index contributed by atoms with van der Waals surface area (Å²) < 4.78 is 7.85. The van der Waals surface area contributed by atoms with E-state index >= 15 is 0 Å². The number of ether oxygens (including phenoxy) is 1. The van der Waals surface area contributed by atoms with Crippen molar-refractivity contribution in [1.29, 1.82) is 0 Å². The number of aromatic nitrogens is 1. The van der Waals surface area contributed by atoms with Crippen molar-refractivity contribution in [2.24, 2.45) is 4.99 Å². The van der Waals surface area contributed by atoms with Crippen molar-refractivity contribution in [2.75, 3.05) is 26.2 Å². The highest BCUT2D eigenvalue weighted by Gasteiger charge is 1.97. The van der Waals surface area contributed by atoms with Crippen LogP contribution in [0.25, 0.3) is 0 Å². The van der Waals surface area contributed by atoms with E-state index in [-0.39, 0.29) is 24.0 Å². The van der Waals surface area contributed by atoms with Crippen molar-refractivity contribution in [3.8, 4) is 0 Å². The van der Waals surface area contributed by atoms with E-state index in [0.717, 1.165) is 51.6 Å². The van der Waals surface area contributed by atoms with Crippen molar-refractivity contribution in [1.82, 2.24) is 15.2 Å². The summed E-state index contributed by atoms with van der Waals surface area (Å²) >= 11 is 0. The Morgan fingerprint density at radius 3 is 2.54 bits per heavy atom. The number of hydrogen-bond acceptors (Lipinski definition) is 2. The fraction of sp³-hybridized carbons (Fsp3) is 0.450. The molecule has 0 atom stereocenters. The summed E-state index contributed by atoms with van der Waals surface area (Å²) in [6.45, 7) is 7.03. The third kappa shape index (κ3) is 9.82. The largest absolute Gasteiger partial charge is 0.377 e. The van der Waals surface area contributed by atoms with Crippen LogP contribution in [0.4, 0.5) is 0 Å². The lowest BCUT2D eigenvalue weighted by molar-refractivity contribution is 0.117. The summed E-state index contributed by atoms with van der Waals surface area (Å²) in [5, 5.41) is 6.65. The van der Waals surface area contributed by atoms with E-state index in [1.807, 2.05) is 30.3 Å². The molecule has 0 saturated carbocycles. The van der Waals surface area contributed by atoms with Gasteiger partial charge in [-0.05, 0) is 37.5 Å². The molecule has 0 unspecified atom stereocenters. The highest BCUT2D eigenvalue weighted by atomic mass is 127. The first-order valence-electron chi connectivity index (χ1n) is 9.13. The maximum Gasteiger partial charge on any atom is 0.191 e. The van der Waals surface area contributed by atoms with Gasteiger partial charge in [0.1, 0.15) is 0 Å². The predicted octanol–water partition coefficient (Wildman–Crippen LogP) is 3.66. The Hall–Kier alpha value is -1.54. The van der Waals surface area contributed by atoms with Crippen molar-refractivity contribution in [3.05, 3.63) is 60.4 Å². The standard InChI is InChI=1S/C20H30N4O.HI/c1-2-21-20(23-13-16-24-14-7-8-15-24)22-12-6-9-17-25-18-19-10-4-3-5-11-19;/h3-5,7-8,10-11,14-15H,2,6,9,12-13,16-18H2,1H3,(H2,21,22,23);1H. The molecule has 0 aliphatic carbocycles. The van der Waals surface area contributed by atoms with E-state index in [0.29, 0.717) is 6.61 Å². The number of guanidine groups is 1. The lowest BCUT2D eigenvalue weighted by Gasteiger charge is -2.11. The van der Waals surface area contributed by atoms with Crippen molar-refractivity contribution < 1.29 is 4.74 Å². The molecule has 0 amide bonds. The van der Waals surface area contributed by atoms with Crippen LogP contribution < -0.4 is 10.6 Å². The zero-order chi connectivity index (χ0) is 17.6. The smallest absolute Gasteiger partial charge is 0.191 e. The van der Waals surface area contributed by atoms with Gasteiger partial charge in [0, 0.05) is 45.2 Å². The number of rotatable bonds is 11. The van der Waals surface area contributed by atoms with Crippen LogP contribution in [0.2, 0.25) is 0 Å². The highest BCUT2D eigenvalue weighted by molar-refractivity contribution is 14.0. The average molecular weight is 470 g/mol. The normalized spacial score (nSPS) is 11.0. The Morgan fingerprint density at radius 1 is 1.04 bits per heavy atom. The van der Waals surface area contributed by atoms with E-state index in [4.69, 9.17) is 4.74 Å². The number of nitrogens with zero attached hydrogens (tertiary/aromatic N) is 2. The van der Waals surface area contributed by atoms with Gasteiger partial charge in [-0.3, -0.25) is 4.99 Å². The van der Waals surface area contributed by atoms with Crippen LogP contribution >= 0.6 is 24.0 Å². The summed E-state index contributed by atoms with van der Waals surface area (Å²) in [7, 11) is 0. The van der Waals surface area contributed by atoms with Gasteiger partial charge in [-0.1, -0.05) is 30.3 Å². The minimum atomic E-state index is 0. The molecule has 26 heavy (non-hydrogen) atoms. The monoisotopic (exact) mass is 470 g/mol. The minimum absolute atomic E-state index is 0. The van der Waals surface area contributed by atoms with E-state index in [1.165, 1.54) is 5.56 Å². The fourth-order valence-corrected chi connectivity index (χ4v) is 2.44. The number of nitrogens with one attached hydrogen (secondary N) is 2. The van der Waals surface area contributed by atoms with Crippen LogP contribution in [0, 0.1) is 0 Å². The maximum absolute atomic E-state index is 5.70. The Kier molecular flexibility index (Phi) is 12.6. The molecule has 0 aliphatic rings. The third-order valence-corrected chi connectivity index (χ3v) is 3.75. The van der Waals surface area contributed by atoms with Crippen LogP contribution in [0.1, 0.15) is 25.3 Å². The first kappa shape index (κ1) is 22.5. The van der Waals surface area contributed by atoms with Gasteiger partial charge in [0.2, 0.25) is 0 Å². The summed E-state index contributed by atoms with van der Waals surface area (Å²) in [6.07, 6.45) is 6.20. The number of unbranched alkanes of at least 4 members (excludes halogenated alkanes) is 1. The van der Waals surface area contributed by atoms with Gasteiger partial charge in [0.05, 0.1) is 6.61 Å². The molecule has 0 bridgehead atoms. The molecule has 1 aromatic heterocycles. The maximum atomic E-state index is 5.70. The van der Waals surface area contributed by atoms with Crippen molar-refractivity contribution >= 4 is 29.9 Å². The molecule has 0 fully saturated rings. The van der Waals surface area contributed by atoms with Crippen LogP contribution in [-0.2, 0) is 17.9 Å². The zero-order valence-electron chi connectivity index (χ0n) is 15.6. The van der Waals surface area contributed by atoms with Gasteiger partial charge in [0.15, 0.2) is 5.96 Å². The molecular weight excluding hydrogens is 439 g/mol. The van der Waals surface area contributed by atoms with Gasteiger partial charge >= 0.3 is 0 Å². The van der Waals surface area contributed by atoms with Crippen LogP contribution in [-0.4, -0.2) is 36.8 Å². The molecule has 2 N–H and O–H groups in total. The van der Waals surface area contributed by atoms with E-state index in [9.17, 15) is 0 Å². The first-order chi connectivity index (χ1) is 12.4. The predicted molar refractivity (Wildman–Crippen MR) is 119 cm³/mol. The van der Waals surface area contributed by atoms with E-state index in [2.05, 4.69) is 51.6 Å². The Labute approximate surface area is 174 Å². The van der Waals surface area contributed by atoms with Crippen molar-refractivity contribution in [2.45, 2.75) is 32.9 Å². The minimum Gasteiger partial charge on any atom is -0.377 e. The van der Waals surface area contributed by atoms with E-state index < -0.39 is 0 Å². The Bertz CT molecular complexity index is 587. The van der Waals surface area contributed by atoms with E-state index in [1.54, 1.807) is 0 Å². The highest BCUT2D eigenvalue weighted by Crippen LogP contribution is 2.01. The molecule has 1 aromatic carbocycles. The van der Waals surface area contributed by atoms with Gasteiger partial charge in [-0.25, -0.2) is 0 Å². The van der Waals surface area contributed by atoms with Crippen LogP contribution in [0.15, 0.2) is 59.9 Å². The van der Waals surface area contributed by atoms with Gasteiger partial charge in [-0.2, -0.15) is 0 Å². The molecule has 2 aromatic rings. The average Bonchev–Trinajstić information content (AvgIpc) is 3.15. The summed E-state index contributed by atoms with van der Waals surface area (Å²) in [6, 6.07) is 14.4. The summed E-state index contributed by atoms with van der Waals surface area (Å²) in [5.74, 6) is 0.889. The second-order valence-electron chi connectivity index (χ2n) is 5.85. The molecule has 144 valence electrons. The van der Waals surface area contributed by atoms with Gasteiger partial charge in [0.25, 0.3) is 0 Å². The topological polar surface area (TPSA) is 50.6 Å². The Morgan fingerprint density at radius 2 is 1.81 bits per heavy atom. The molecule has 6 heteroatoms. The molecule has 0 aliphatic heterocycles. The Balaban J connectivity index is 0.00000338. The fourth-order valence-electron chi connectivity index (χ4n) is 2.44. The molecule has 1 heterocycles. The van der Waals surface area contributed by atoms with Gasteiger partial charge < -0.3 is 19.9 Å². The zero-order valence-corrected chi connectivity index (χ0v) is 17.9. The van der Waals surface area contributed by atoms with Crippen LogP contribution in [0.5, 0.6) is 0 Å². The molecule has 2 rings (SSSR count).